The van der Waals surface area contributed by atoms with Crippen molar-refractivity contribution in [2.45, 2.75) is 13.5 Å². The van der Waals surface area contributed by atoms with Gasteiger partial charge < -0.3 is 15.4 Å². The molecular formula is C20H22N4O. The number of rotatable bonds is 3. The zero-order chi connectivity index (χ0) is 17.5. The van der Waals surface area contributed by atoms with Crippen molar-refractivity contribution in [3.05, 3.63) is 77.6 Å². The van der Waals surface area contributed by atoms with E-state index in [2.05, 4.69) is 32.4 Å². The summed E-state index contributed by atoms with van der Waals surface area (Å²) >= 11 is 0. The van der Waals surface area contributed by atoms with Crippen LogP contribution < -0.4 is 5.32 Å². The summed E-state index contributed by atoms with van der Waals surface area (Å²) in [6.07, 6.45) is 0. The van der Waals surface area contributed by atoms with Crippen LogP contribution in [0.3, 0.4) is 0 Å². The molecule has 2 aromatic carbocycles. The molecule has 0 unspecified atom stereocenters. The van der Waals surface area contributed by atoms with E-state index in [1.165, 1.54) is 5.56 Å². The average molecular weight is 334 g/mol. The smallest absolute Gasteiger partial charge is 0.137 e. The van der Waals surface area contributed by atoms with E-state index in [1.54, 1.807) is 0 Å². The molecule has 0 bridgehead atoms. The van der Waals surface area contributed by atoms with Crippen LogP contribution in [-0.4, -0.2) is 34.0 Å². The summed E-state index contributed by atoms with van der Waals surface area (Å²) in [7, 11) is 0. The molecular weight excluding hydrogens is 312 g/mol. The molecule has 5 heteroatoms. The molecule has 0 atom stereocenters. The molecule has 0 aliphatic carbocycles. The highest BCUT2D eigenvalue weighted by molar-refractivity contribution is 5.99. The van der Waals surface area contributed by atoms with Gasteiger partial charge in [-0.2, -0.15) is 0 Å². The van der Waals surface area contributed by atoms with E-state index in [4.69, 9.17) is 5.11 Å². The van der Waals surface area contributed by atoms with Gasteiger partial charge in [0.05, 0.1) is 24.5 Å². The number of aromatic amines is 1. The lowest BCUT2D eigenvalue weighted by Crippen LogP contribution is -2.19. The summed E-state index contributed by atoms with van der Waals surface area (Å²) in [5.41, 5.74) is 3.86. The van der Waals surface area contributed by atoms with Gasteiger partial charge in [0, 0.05) is 17.7 Å². The lowest BCUT2D eigenvalue weighted by Gasteiger charge is -1.99. The van der Waals surface area contributed by atoms with Crippen LogP contribution in [0.25, 0.3) is 11.4 Å². The normalized spacial score (nSPS) is 12.8. The van der Waals surface area contributed by atoms with Crippen molar-refractivity contribution in [2.24, 2.45) is 4.99 Å². The Balaban J connectivity index is 0.000000150. The lowest BCUT2D eigenvalue weighted by atomic mass is 10.2. The average Bonchev–Trinajstić information content (AvgIpc) is 3.33. The predicted octanol–water partition coefficient (Wildman–Crippen LogP) is 2.91. The molecule has 0 spiro atoms. The number of hydrogen-bond acceptors (Lipinski definition) is 4. The minimum atomic E-state index is 0.00562. The number of aliphatic hydroxyl groups is 1. The van der Waals surface area contributed by atoms with Crippen LogP contribution >= 0.6 is 0 Å². The first-order chi connectivity index (χ1) is 12.3. The monoisotopic (exact) mass is 334 g/mol. The zero-order valence-corrected chi connectivity index (χ0v) is 14.2. The van der Waals surface area contributed by atoms with Gasteiger partial charge in [-0.05, 0) is 6.92 Å². The minimum Gasteiger partial charge on any atom is -0.390 e. The number of amidine groups is 1. The van der Waals surface area contributed by atoms with Crippen LogP contribution in [0.4, 0.5) is 0 Å². The molecule has 0 saturated heterocycles. The van der Waals surface area contributed by atoms with Crippen molar-refractivity contribution in [1.82, 2.24) is 15.3 Å². The fourth-order valence-corrected chi connectivity index (χ4v) is 2.57. The largest absolute Gasteiger partial charge is 0.390 e. The summed E-state index contributed by atoms with van der Waals surface area (Å²) in [6, 6.07) is 20.1. The Morgan fingerprint density at radius 1 is 0.960 bits per heavy atom. The van der Waals surface area contributed by atoms with Gasteiger partial charge in [0.2, 0.25) is 0 Å². The molecule has 25 heavy (non-hydrogen) atoms. The van der Waals surface area contributed by atoms with Gasteiger partial charge in [-0.1, -0.05) is 60.7 Å². The van der Waals surface area contributed by atoms with E-state index in [9.17, 15) is 0 Å². The Morgan fingerprint density at radius 3 is 2.12 bits per heavy atom. The Kier molecular flexibility index (Phi) is 5.59. The quantitative estimate of drug-likeness (QED) is 0.689. The molecule has 0 radical (unpaired) electrons. The Labute approximate surface area is 147 Å². The number of nitrogens with one attached hydrogen (secondary N) is 2. The fourth-order valence-electron chi connectivity index (χ4n) is 2.57. The van der Waals surface area contributed by atoms with Crippen LogP contribution in [0.15, 0.2) is 65.7 Å². The Hall–Kier alpha value is -2.92. The van der Waals surface area contributed by atoms with Crippen molar-refractivity contribution in [3.8, 4) is 11.4 Å². The highest BCUT2D eigenvalue weighted by Gasteiger charge is 2.06. The van der Waals surface area contributed by atoms with Crippen molar-refractivity contribution in [1.29, 1.82) is 0 Å². The molecule has 1 aliphatic rings. The van der Waals surface area contributed by atoms with Gasteiger partial charge in [-0.3, -0.25) is 4.99 Å². The zero-order valence-electron chi connectivity index (χ0n) is 14.2. The van der Waals surface area contributed by atoms with Gasteiger partial charge in [-0.25, -0.2) is 4.98 Å². The molecule has 5 nitrogen and oxygen atoms in total. The van der Waals surface area contributed by atoms with Crippen LogP contribution in [0.5, 0.6) is 0 Å². The van der Waals surface area contributed by atoms with E-state index in [1.807, 2.05) is 55.5 Å². The first-order valence-corrected chi connectivity index (χ1v) is 8.33. The van der Waals surface area contributed by atoms with Crippen molar-refractivity contribution < 1.29 is 5.11 Å². The molecule has 128 valence electrons. The van der Waals surface area contributed by atoms with Crippen molar-refractivity contribution in [3.63, 3.8) is 0 Å². The van der Waals surface area contributed by atoms with Gasteiger partial charge in [0.25, 0.3) is 0 Å². The standard InChI is InChI=1S/C11H12N2O.C9H10N2/c1-8-10(7-14)13-11(12-8)9-5-3-2-4-6-9;1-2-4-8(5-3-1)9-10-6-7-11-9/h2-6,14H,7H2,1H3,(H,12,13);1-5H,6-7H2,(H,10,11). The SMILES string of the molecule is Cc1nc(-c2ccccc2)[nH]c1CO.c1ccc(C2=NCCN2)cc1. The number of aromatic nitrogens is 2. The number of aliphatic hydroxyl groups excluding tert-OH is 1. The van der Waals surface area contributed by atoms with Crippen molar-refractivity contribution >= 4 is 5.84 Å². The van der Waals surface area contributed by atoms with Gasteiger partial charge >= 0.3 is 0 Å². The number of imidazole rings is 1. The number of H-pyrrole nitrogens is 1. The molecule has 3 aromatic rings. The summed E-state index contributed by atoms with van der Waals surface area (Å²) in [5, 5.41) is 12.2. The second-order valence-corrected chi connectivity index (χ2v) is 5.70. The first-order valence-electron chi connectivity index (χ1n) is 8.33. The highest BCUT2D eigenvalue weighted by Crippen LogP contribution is 2.17. The Morgan fingerprint density at radius 2 is 1.60 bits per heavy atom. The summed E-state index contributed by atoms with van der Waals surface area (Å²) < 4.78 is 0. The maximum absolute atomic E-state index is 9.01. The Bertz CT molecular complexity index is 825. The molecule has 4 rings (SSSR count). The molecule has 1 aromatic heterocycles. The number of hydrogen-bond donors (Lipinski definition) is 3. The fraction of sp³-hybridized carbons (Fsp3) is 0.200. The topological polar surface area (TPSA) is 73.3 Å². The van der Waals surface area contributed by atoms with Crippen LogP contribution in [0.2, 0.25) is 0 Å². The van der Waals surface area contributed by atoms with Crippen LogP contribution in [0.1, 0.15) is 17.0 Å². The lowest BCUT2D eigenvalue weighted by molar-refractivity contribution is 0.276. The van der Waals surface area contributed by atoms with E-state index >= 15 is 0 Å². The van der Waals surface area contributed by atoms with E-state index in [0.717, 1.165) is 41.7 Å². The molecule has 0 fully saturated rings. The predicted molar refractivity (Wildman–Crippen MR) is 101 cm³/mol. The number of aliphatic imine (C=N–C) groups is 1. The van der Waals surface area contributed by atoms with E-state index in [0.29, 0.717) is 0 Å². The van der Waals surface area contributed by atoms with Gasteiger partial charge in [-0.15, -0.1) is 0 Å². The maximum atomic E-state index is 9.01. The number of nitrogens with zero attached hydrogens (tertiary/aromatic N) is 2. The summed E-state index contributed by atoms with van der Waals surface area (Å²) in [4.78, 5) is 11.7. The third kappa shape index (κ3) is 4.33. The van der Waals surface area contributed by atoms with Crippen LogP contribution in [-0.2, 0) is 6.61 Å². The van der Waals surface area contributed by atoms with E-state index in [-0.39, 0.29) is 6.61 Å². The maximum Gasteiger partial charge on any atom is 0.137 e. The molecule has 0 saturated carbocycles. The second kappa shape index (κ2) is 8.26. The van der Waals surface area contributed by atoms with E-state index < -0.39 is 0 Å². The molecule has 1 aliphatic heterocycles. The molecule has 3 N–H and O–H groups in total. The first kappa shape index (κ1) is 16.9. The van der Waals surface area contributed by atoms with Gasteiger partial charge in [0.1, 0.15) is 11.7 Å². The second-order valence-electron chi connectivity index (χ2n) is 5.70. The number of aryl methyl sites for hydroxylation is 1. The van der Waals surface area contributed by atoms with Crippen LogP contribution in [0, 0.1) is 6.92 Å². The third-order valence-corrected chi connectivity index (χ3v) is 3.91. The number of benzene rings is 2. The summed E-state index contributed by atoms with van der Waals surface area (Å²) in [5.74, 6) is 1.85. The minimum absolute atomic E-state index is 0.00562. The summed E-state index contributed by atoms with van der Waals surface area (Å²) in [6.45, 7) is 3.77. The molecule has 0 amide bonds. The van der Waals surface area contributed by atoms with Gasteiger partial charge in [0.15, 0.2) is 0 Å². The van der Waals surface area contributed by atoms with Crippen molar-refractivity contribution in [2.75, 3.05) is 13.1 Å². The molecule has 2 heterocycles. The highest BCUT2D eigenvalue weighted by atomic mass is 16.3. The third-order valence-electron chi connectivity index (χ3n) is 3.91.